The molecule has 2 aromatic carbocycles. The van der Waals surface area contributed by atoms with E-state index in [1.54, 1.807) is 0 Å². The minimum atomic E-state index is -3.61. The molecule has 0 bridgehead atoms. The highest BCUT2D eigenvalue weighted by Gasteiger charge is 2.19. The van der Waals surface area contributed by atoms with Crippen molar-refractivity contribution in [3.63, 3.8) is 0 Å². The van der Waals surface area contributed by atoms with Crippen LogP contribution >= 0.6 is 11.6 Å². The number of hydrogen-bond acceptors (Lipinski definition) is 5. The van der Waals surface area contributed by atoms with E-state index < -0.39 is 51.5 Å². The van der Waals surface area contributed by atoms with E-state index in [-0.39, 0.29) is 15.5 Å². The van der Waals surface area contributed by atoms with E-state index in [0.29, 0.717) is 6.07 Å². The number of rotatable bonds is 5. The number of amides is 1. The third kappa shape index (κ3) is 4.98. The van der Waals surface area contributed by atoms with Gasteiger partial charge in [0, 0.05) is 6.26 Å². The lowest BCUT2D eigenvalue weighted by Crippen LogP contribution is -2.22. The molecule has 0 unspecified atom stereocenters. The Hall–Kier alpha value is -2.59. The molecule has 0 saturated carbocycles. The average molecular weight is 422 g/mol. The molecule has 0 atom stereocenters. The first-order valence-electron chi connectivity index (χ1n) is 7.10. The minimum absolute atomic E-state index is 0.112. The summed E-state index contributed by atoms with van der Waals surface area (Å²) in [4.78, 5) is 23.5. The van der Waals surface area contributed by atoms with Gasteiger partial charge in [0.15, 0.2) is 33.9 Å². The van der Waals surface area contributed by atoms with Gasteiger partial charge in [0.2, 0.25) is 0 Å². The van der Waals surface area contributed by atoms with Crippen molar-refractivity contribution >= 4 is 39.0 Å². The summed E-state index contributed by atoms with van der Waals surface area (Å²) < 4.78 is 67.2. The van der Waals surface area contributed by atoms with Crippen LogP contribution in [0.1, 0.15) is 10.4 Å². The zero-order valence-corrected chi connectivity index (χ0v) is 15.1. The van der Waals surface area contributed by atoms with E-state index in [9.17, 15) is 31.2 Å². The summed E-state index contributed by atoms with van der Waals surface area (Å²) in [5.41, 5.74) is -0.946. The molecule has 0 aliphatic rings. The predicted molar refractivity (Wildman–Crippen MR) is 89.8 cm³/mol. The van der Waals surface area contributed by atoms with Gasteiger partial charge in [-0.25, -0.2) is 26.4 Å². The van der Waals surface area contributed by atoms with Crippen LogP contribution in [0.3, 0.4) is 0 Å². The summed E-state index contributed by atoms with van der Waals surface area (Å²) in [5, 5.41) is 1.80. The van der Waals surface area contributed by atoms with Crippen LogP contribution in [0, 0.1) is 17.5 Å². The summed E-state index contributed by atoms with van der Waals surface area (Å²) in [7, 11) is -3.61. The van der Waals surface area contributed by atoms with Gasteiger partial charge in [-0.15, -0.1) is 0 Å². The molecule has 0 aromatic heterocycles. The second-order valence-electron chi connectivity index (χ2n) is 5.26. The van der Waals surface area contributed by atoms with Gasteiger partial charge in [0.1, 0.15) is 0 Å². The first-order chi connectivity index (χ1) is 12.5. The number of halogens is 4. The smallest absolute Gasteiger partial charge is 0.340 e. The molecule has 0 saturated heterocycles. The molecule has 0 fully saturated rings. The average Bonchev–Trinajstić information content (AvgIpc) is 2.59. The Morgan fingerprint density at radius 1 is 1.11 bits per heavy atom. The molecule has 0 radical (unpaired) electrons. The highest BCUT2D eigenvalue weighted by molar-refractivity contribution is 7.90. The molecule has 144 valence electrons. The van der Waals surface area contributed by atoms with Crippen molar-refractivity contribution in [1.82, 2.24) is 0 Å². The quantitative estimate of drug-likeness (QED) is 0.592. The van der Waals surface area contributed by atoms with Crippen molar-refractivity contribution < 1.29 is 35.9 Å². The molecule has 11 heteroatoms. The largest absolute Gasteiger partial charge is 0.452 e. The van der Waals surface area contributed by atoms with Crippen LogP contribution < -0.4 is 5.32 Å². The van der Waals surface area contributed by atoms with E-state index in [4.69, 9.17) is 11.6 Å². The summed E-state index contributed by atoms with van der Waals surface area (Å²) >= 11 is 5.82. The normalized spacial score (nSPS) is 11.1. The Balaban J connectivity index is 2.08. The Kier molecular flexibility index (Phi) is 6.11. The SMILES string of the molecule is CS(=O)(=O)c1ccc(Cl)c(C(=O)OCC(=O)Nc2ccc(F)c(F)c2F)c1. The zero-order valence-electron chi connectivity index (χ0n) is 13.6. The lowest BCUT2D eigenvalue weighted by Gasteiger charge is -2.09. The molecule has 0 heterocycles. The molecular weight excluding hydrogens is 411 g/mol. The molecule has 6 nitrogen and oxygen atoms in total. The van der Waals surface area contributed by atoms with Crippen molar-refractivity contribution in [2.24, 2.45) is 0 Å². The Bertz CT molecular complexity index is 1030. The van der Waals surface area contributed by atoms with Crippen LogP contribution in [0.25, 0.3) is 0 Å². The van der Waals surface area contributed by atoms with Gasteiger partial charge in [0.05, 0.1) is 21.2 Å². The lowest BCUT2D eigenvalue weighted by molar-refractivity contribution is -0.119. The number of carbonyl (C=O) groups excluding carboxylic acids is 2. The number of benzene rings is 2. The Labute approximate surface area is 156 Å². The Morgan fingerprint density at radius 2 is 1.78 bits per heavy atom. The van der Waals surface area contributed by atoms with Crippen LogP contribution in [0.4, 0.5) is 18.9 Å². The molecule has 0 aliphatic carbocycles. The number of anilines is 1. The van der Waals surface area contributed by atoms with Crippen molar-refractivity contribution in [2.75, 3.05) is 18.2 Å². The van der Waals surface area contributed by atoms with Gasteiger partial charge in [0.25, 0.3) is 5.91 Å². The molecule has 1 amide bonds. The number of hydrogen-bond donors (Lipinski definition) is 1. The fourth-order valence-corrected chi connectivity index (χ4v) is 2.75. The highest BCUT2D eigenvalue weighted by atomic mass is 35.5. The zero-order chi connectivity index (χ0) is 20.4. The standard InChI is InChI=1S/C16H11ClF3NO5S/c1-27(24,25)8-2-3-10(17)9(6-8)16(23)26-7-13(22)21-12-5-4-11(18)14(19)15(12)20/h2-6H,7H2,1H3,(H,21,22). The van der Waals surface area contributed by atoms with E-state index in [1.807, 2.05) is 5.32 Å². The van der Waals surface area contributed by atoms with Gasteiger partial charge in [-0.1, -0.05) is 11.6 Å². The molecular formula is C16H11ClF3NO5S. The van der Waals surface area contributed by atoms with Crippen molar-refractivity contribution in [3.8, 4) is 0 Å². The van der Waals surface area contributed by atoms with Crippen LogP contribution in [0.2, 0.25) is 5.02 Å². The Morgan fingerprint density at radius 3 is 2.41 bits per heavy atom. The fourth-order valence-electron chi connectivity index (χ4n) is 1.91. The number of esters is 1. The van der Waals surface area contributed by atoms with Crippen LogP contribution in [-0.4, -0.2) is 33.2 Å². The van der Waals surface area contributed by atoms with Gasteiger partial charge < -0.3 is 10.1 Å². The monoisotopic (exact) mass is 421 g/mol. The number of ether oxygens (including phenoxy) is 1. The topological polar surface area (TPSA) is 89.5 Å². The van der Waals surface area contributed by atoms with Gasteiger partial charge in [-0.2, -0.15) is 0 Å². The minimum Gasteiger partial charge on any atom is -0.452 e. The molecule has 1 N–H and O–H groups in total. The highest BCUT2D eigenvalue weighted by Crippen LogP contribution is 2.22. The van der Waals surface area contributed by atoms with E-state index in [1.165, 1.54) is 12.1 Å². The van der Waals surface area contributed by atoms with E-state index in [2.05, 4.69) is 4.74 Å². The summed E-state index contributed by atoms with van der Waals surface area (Å²) in [6.45, 7) is -0.906. The molecule has 27 heavy (non-hydrogen) atoms. The second-order valence-corrected chi connectivity index (χ2v) is 7.68. The lowest BCUT2D eigenvalue weighted by atomic mass is 10.2. The first kappa shape index (κ1) is 20.7. The van der Waals surface area contributed by atoms with Gasteiger partial charge >= 0.3 is 5.97 Å². The van der Waals surface area contributed by atoms with E-state index in [0.717, 1.165) is 18.4 Å². The van der Waals surface area contributed by atoms with Crippen molar-refractivity contribution in [3.05, 3.63) is 58.4 Å². The fraction of sp³-hybridized carbons (Fsp3) is 0.125. The second kappa shape index (κ2) is 7.97. The molecule has 2 rings (SSSR count). The van der Waals surface area contributed by atoms with Crippen LogP contribution in [0.5, 0.6) is 0 Å². The van der Waals surface area contributed by atoms with Gasteiger partial charge in [-0.3, -0.25) is 4.79 Å². The third-order valence-electron chi connectivity index (χ3n) is 3.23. The molecule has 2 aromatic rings. The predicted octanol–water partition coefficient (Wildman–Crippen LogP) is 2.96. The molecule has 0 spiro atoms. The summed E-state index contributed by atoms with van der Waals surface area (Å²) in [6.07, 6.45) is 0.926. The number of sulfone groups is 1. The summed E-state index contributed by atoms with van der Waals surface area (Å²) in [5.74, 6) is -6.96. The molecule has 0 aliphatic heterocycles. The van der Waals surface area contributed by atoms with Crippen LogP contribution in [0.15, 0.2) is 35.2 Å². The number of nitrogens with one attached hydrogen (secondary N) is 1. The maximum Gasteiger partial charge on any atom is 0.340 e. The summed E-state index contributed by atoms with van der Waals surface area (Å²) in [6, 6.07) is 4.74. The maximum absolute atomic E-state index is 13.5. The maximum atomic E-state index is 13.5. The van der Waals surface area contributed by atoms with Crippen LogP contribution in [-0.2, 0) is 19.4 Å². The van der Waals surface area contributed by atoms with E-state index >= 15 is 0 Å². The van der Waals surface area contributed by atoms with Gasteiger partial charge in [-0.05, 0) is 30.3 Å². The first-order valence-corrected chi connectivity index (χ1v) is 9.37. The van der Waals surface area contributed by atoms with Crippen molar-refractivity contribution in [2.45, 2.75) is 4.90 Å². The number of carbonyl (C=O) groups is 2. The van der Waals surface area contributed by atoms with Crippen molar-refractivity contribution in [1.29, 1.82) is 0 Å². The third-order valence-corrected chi connectivity index (χ3v) is 4.67.